The van der Waals surface area contributed by atoms with Crippen LogP contribution >= 0.6 is 0 Å². The summed E-state index contributed by atoms with van der Waals surface area (Å²) < 4.78 is 13.5. The lowest BCUT2D eigenvalue weighted by molar-refractivity contribution is -0.171. The summed E-state index contributed by atoms with van der Waals surface area (Å²) in [5.41, 5.74) is -0.450. The largest absolute Gasteiger partial charge is 0.507 e. The summed E-state index contributed by atoms with van der Waals surface area (Å²) in [4.78, 5) is 27.9. The zero-order valence-corrected chi connectivity index (χ0v) is 20.6. The third-order valence-corrected chi connectivity index (χ3v) is 7.95. The third kappa shape index (κ3) is 2.72. The Kier molecular flexibility index (Phi) is 4.77. The van der Waals surface area contributed by atoms with Crippen molar-refractivity contribution in [1.29, 1.82) is 0 Å². The molecule has 1 saturated heterocycles. The maximum atomic E-state index is 14.0. The van der Waals surface area contributed by atoms with Gasteiger partial charge in [-0.3, -0.25) is 9.59 Å². The predicted octanol–water partition coefficient (Wildman–Crippen LogP) is 4.97. The summed E-state index contributed by atoms with van der Waals surface area (Å²) >= 11 is 0. The molecule has 180 valence electrons. The number of aromatic hydroxyl groups is 2. The number of ketones is 2. The maximum Gasteiger partial charge on any atom is 0.200 e. The van der Waals surface area contributed by atoms with Crippen molar-refractivity contribution in [2.45, 2.75) is 77.6 Å². The predicted molar refractivity (Wildman–Crippen MR) is 127 cm³/mol. The van der Waals surface area contributed by atoms with E-state index in [1.54, 1.807) is 6.08 Å². The van der Waals surface area contributed by atoms with Gasteiger partial charge in [-0.05, 0) is 54.4 Å². The molecule has 6 heteroatoms. The van der Waals surface area contributed by atoms with Crippen LogP contribution in [0.4, 0.5) is 0 Å². The number of benzene rings is 1. The van der Waals surface area contributed by atoms with E-state index in [1.807, 2.05) is 53.7 Å². The van der Waals surface area contributed by atoms with Gasteiger partial charge in [-0.15, -0.1) is 0 Å². The number of phenols is 2. The molecule has 4 atom stereocenters. The maximum absolute atomic E-state index is 14.0. The summed E-state index contributed by atoms with van der Waals surface area (Å²) in [5, 5.41) is 21.4. The van der Waals surface area contributed by atoms with Gasteiger partial charge >= 0.3 is 0 Å². The summed E-state index contributed by atoms with van der Waals surface area (Å²) in [6.07, 6.45) is 6.78. The summed E-state index contributed by atoms with van der Waals surface area (Å²) in [6, 6.07) is 1.20. The van der Waals surface area contributed by atoms with Gasteiger partial charge < -0.3 is 19.7 Å². The van der Waals surface area contributed by atoms with Crippen molar-refractivity contribution in [3.05, 3.63) is 52.1 Å². The van der Waals surface area contributed by atoms with Crippen LogP contribution in [-0.4, -0.2) is 38.6 Å². The first-order chi connectivity index (χ1) is 15.9. The van der Waals surface area contributed by atoms with Gasteiger partial charge in [0.25, 0.3) is 0 Å². The average molecular weight is 465 g/mol. The molecule has 1 aromatic carbocycles. The standard InChI is InChI=1S/C28H32O6/c1-14(2)7-8-17-19(29)13-20(30)22-23(31)18-11-16-12-21-26(5,6)34-27(25(16)32,10-9-15(3)4)28(18,21)33-24(17)22/h7,9,11,13,16,21,29-30H,8,10,12H2,1-6H3/t16?,21-,27?,28?/m0/s1. The van der Waals surface area contributed by atoms with Crippen molar-refractivity contribution in [3.8, 4) is 17.2 Å². The molecule has 4 bridgehead atoms. The van der Waals surface area contributed by atoms with Gasteiger partial charge in [-0.2, -0.15) is 0 Å². The Labute approximate surface area is 200 Å². The Morgan fingerprint density at radius 3 is 2.41 bits per heavy atom. The molecular formula is C28H32O6. The number of hydrogen-bond donors (Lipinski definition) is 2. The lowest BCUT2D eigenvalue weighted by Gasteiger charge is -2.56. The average Bonchev–Trinajstić information content (AvgIpc) is 2.89. The van der Waals surface area contributed by atoms with E-state index in [9.17, 15) is 19.8 Å². The Morgan fingerprint density at radius 1 is 1.09 bits per heavy atom. The van der Waals surface area contributed by atoms with Crippen molar-refractivity contribution in [1.82, 2.24) is 0 Å². The number of carbonyl (C=O) groups excluding carboxylic acids is 2. The molecule has 1 spiro atoms. The quantitative estimate of drug-likeness (QED) is 0.611. The van der Waals surface area contributed by atoms with Crippen molar-refractivity contribution in [3.63, 3.8) is 0 Å². The van der Waals surface area contributed by atoms with Gasteiger partial charge in [0.15, 0.2) is 22.8 Å². The van der Waals surface area contributed by atoms with Gasteiger partial charge in [0.05, 0.1) is 5.60 Å². The number of hydrogen-bond acceptors (Lipinski definition) is 6. The van der Waals surface area contributed by atoms with Crippen LogP contribution < -0.4 is 4.74 Å². The van der Waals surface area contributed by atoms with E-state index in [1.165, 1.54) is 6.07 Å². The lowest BCUT2D eigenvalue weighted by atomic mass is 9.51. The van der Waals surface area contributed by atoms with Gasteiger partial charge in [0.1, 0.15) is 22.8 Å². The Balaban J connectivity index is 1.81. The van der Waals surface area contributed by atoms with Gasteiger partial charge in [-0.1, -0.05) is 29.4 Å². The monoisotopic (exact) mass is 464 g/mol. The van der Waals surface area contributed by atoms with Gasteiger partial charge in [0.2, 0.25) is 0 Å². The number of carbonyl (C=O) groups is 2. The molecule has 3 aliphatic carbocycles. The van der Waals surface area contributed by atoms with E-state index in [0.717, 1.165) is 11.1 Å². The third-order valence-electron chi connectivity index (χ3n) is 7.95. The highest BCUT2D eigenvalue weighted by Gasteiger charge is 2.81. The summed E-state index contributed by atoms with van der Waals surface area (Å²) in [7, 11) is 0. The first-order valence-electron chi connectivity index (χ1n) is 11.9. The minimum Gasteiger partial charge on any atom is -0.507 e. The molecule has 5 aliphatic rings. The summed E-state index contributed by atoms with van der Waals surface area (Å²) in [5.74, 6) is -1.43. The van der Waals surface area contributed by atoms with E-state index < -0.39 is 22.7 Å². The van der Waals surface area contributed by atoms with Crippen molar-refractivity contribution >= 4 is 11.6 Å². The van der Waals surface area contributed by atoms with Crippen LogP contribution in [0.25, 0.3) is 0 Å². The Hall–Kier alpha value is -2.86. The molecule has 34 heavy (non-hydrogen) atoms. The molecule has 3 unspecified atom stereocenters. The molecule has 6 nitrogen and oxygen atoms in total. The fourth-order valence-corrected chi connectivity index (χ4v) is 6.48. The van der Waals surface area contributed by atoms with Crippen LogP contribution in [0.2, 0.25) is 0 Å². The summed E-state index contributed by atoms with van der Waals surface area (Å²) in [6.45, 7) is 11.7. The highest BCUT2D eigenvalue weighted by molar-refractivity contribution is 6.18. The minimum atomic E-state index is -1.35. The molecule has 2 N–H and O–H groups in total. The molecule has 1 aromatic rings. The van der Waals surface area contributed by atoms with Crippen LogP contribution in [-0.2, 0) is 16.0 Å². The number of allylic oxidation sites excluding steroid dienone is 4. The minimum absolute atomic E-state index is 0.0430. The topological polar surface area (TPSA) is 93.1 Å². The van der Waals surface area contributed by atoms with E-state index in [2.05, 4.69) is 0 Å². The molecule has 2 fully saturated rings. The fourth-order valence-electron chi connectivity index (χ4n) is 6.48. The number of ether oxygens (including phenoxy) is 2. The number of rotatable bonds is 4. The van der Waals surface area contributed by atoms with Crippen LogP contribution in [0, 0.1) is 11.8 Å². The second-order valence-electron chi connectivity index (χ2n) is 11.1. The molecule has 2 heterocycles. The SMILES string of the molecule is CC(C)=CCc1c(O)cc(O)c2c1OC13C(=CC4C[C@H]1C(C)(C)OC3(CC=C(C)C)C4=O)C2=O. The first kappa shape index (κ1) is 22.9. The highest BCUT2D eigenvalue weighted by Crippen LogP contribution is 2.68. The second-order valence-corrected chi connectivity index (χ2v) is 11.1. The molecule has 2 aliphatic heterocycles. The number of fused-ring (bicyclic) bond motifs is 1. The Morgan fingerprint density at radius 2 is 1.76 bits per heavy atom. The first-order valence-corrected chi connectivity index (χ1v) is 11.9. The molecular weight excluding hydrogens is 432 g/mol. The van der Waals surface area contributed by atoms with Gasteiger partial charge in [0, 0.05) is 35.5 Å². The van der Waals surface area contributed by atoms with Crippen LogP contribution in [0.15, 0.2) is 41.0 Å². The normalized spacial score (nSPS) is 31.9. The van der Waals surface area contributed by atoms with Crippen molar-refractivity contribution in [2.75, 3.05) is 0 Å². The lowest BCUT2D eigenvalue weighted by Crippen LogP contribution is -2.72. The smallest absolute Gasteiger partial charge is 0.200 e. The van der Waals surface area contributed by atoms with E-state index in [-0.39, 0.29) is 40.3 Å². The molecule has 0 radical (unpaired) electrons. The van der Waals surface area contributed by atoms with E-state index in [0.29, 0.717) is 30.4 Å². The van der Waals surface area contributed by atoms with Gasteiger partial charge in [-0.25, -0.2) is 0 Å². The van der Waals surface area contributed by atoms with Crippen LogP contribution in [0.1, 0.15) is 70.3 Å². The molecule has 0 aromatic heterocycles. The van der Waals surface area contributed by atoms with Crippen molar-refractivity contribution in [2.24, 2.45) is 11.8 Å². The molecule has 0 amide bonds. The zero-order chi connectivity index (χ0) is 24.8. The van der Waals surface area contributed by atoms with E-state index in [4.69, 9.17) is 9.47 Å². The number of Topliss-reactive ketones (excluding diaryl/α,β-unsaturated/α-hetero) is 2. The van der Waals surface area contributed by atoms with Crippen molar-refractivity contribution < 1.29 is 29.3 Å². The van der Waals surface area contributed by atoms with Crippen LogP contribution in [0.3, 0.4) is 0 Å². The zero-order valence-electron chi connectivity index (χ0n) is 20.6. The second kappa shape index (κ2) is 7.08. The highest BCUT2D eigenvalue weighted by atomic mass is 16.6. The fraction of sp³-hybridized carbons (Fsp3) is 0.500. The molecule has 6 rings (SSSR count). The van der Waals surface area contributed by atoms with E-state index >= 15 is 0 Å². The number of phenolic OH excluding ortho intramolecular Hbond substituents is 2. The van der Waals surface area contributed by atoms with Crippen LogP contribution in [0.5, 0.6) is 17.2 Å². The Bertz CT molecular complexity index is 1220. The molecule has 1 saturated carbocycles.